The number of hydrogen-bond acceptors (Lipinski definition) is 6. The first-order chi connectivity index (χ1) is 59.0. The molecule has 0 atom stereocenters. The largest absolute Gasteiger partial charge is 0.354 e. The number of benzene rings is 8. The summed E-state index contributed by atoms with van der Waals surface area (Å²) in [5.41, 5.74) is 21.5. The van der Waals surface area contributed by atoms with E-state index < -0.39 is 0 Å². The van der Waals surface area contributed by atoms with Crippen LogP contribution in [0.2, 0.25) is 0 Å². The van der Waals surface area contributed by atoms with Crippen molar-refractivity contribution in [2.24, 2.45) is 0 Å². The van der Waals surface area contributed by atoms with Crippen molar-refractivity contribution in [1.29, 1.82) is 0 Å². The number of unbranched alkanes of at least 4 members (excludes halogenated alkanes) is 20. The maximum absolute atomic E-state index is 14.4. The number of aromatic nitrogens is 4. The highest BCUT2D eigenvalue weighted by Crippen LogP contribution is 2.43. The maximum Gasteiger partial charge on any atom is 0.323 e. The Morgan fingerprint density at radius 2 is 0.450 bits per heavy atom. The van der Waals surface area contributed by atoms with E-state index in [1.54, 1.807) is 0 Å². The van der Waals surface area contributed by atoms with Gasteiger partial charge in [0, 0.05) is 89.8 Å². The van der Waals surface area contributed by atoms with E-state index in [0.717, 1.165) is 192 Å². The molecular formula is C104H118N12O4. The molecule has 0 saturated carbocycles. The minimum absolute atomic E-state index is 0.357. The van der Waals surface area contributed by atoms with Gasteiger partial charge in [0.2, 0.25) is 0 Å². The predicted molar refractivity (Wildman–Crippen MR) is 505 cm³/mol. The van der Waals surface area contributed by atoms with Gasteiger partial charge in [0.15, 0.2) is 0 Å². The van der Waals surface area contributed by atoms with Crippen molar-refractivity contribution < 1.29 is 19.2 Å². The molecule has 16 nitrogen and oxygen atoms in total. The molecule has 120 heavy (non-hydrogen) atoms. The van der Waals surface area contributed by atoms with Crippen LogP contribution in [0.4, 0.5) is 64.7 Å². The summed E-state index contributed by atoms with van der Waals surface area (Å²) in [4.78, 5) is 77.3. The number of carbonyl (C=O) groups excluding carboxylic acids is 4. The lowest BCUT2D eigenvalue weighted by atomic mass is 9.97. The number of rotatable bonds is 40. The third-order valence-corrected chi connectivity index (χ3v) is 22.7. The number of urea groups is 4. The van der Waals surface area contributed by atoms with E-state index >= 15 is 0 Å². The summed E-state index contributed by atoms with van der Waals surface area (Å²) in [5, 5.41) is 25.7. The molecule has 2 aliphatic heterocycles. The molecule has 8 bridgehead atoms. The normalized spacial score (nSPS) is 11.5. The van der Waals surface area contributed by atoms with Crippen molar-refractivity contribution in [2.45, 2.75) is 207 Å². The molecule has 0 radical (unpaired) electrons. The van der Waals surface area contributed by atoms with Crippen LogP contribution in [0.15, 0.2) is 218 Å². The van der Waals surface area contributed by atoms with Gasteiger partial charge in [0.1, 0.15) is 0 Å². The lowest BCUT2D eigenvalue weighted by molar-refractivity contribution is 0.261. The van der Waals surface area contributed by atoms with Gasteiger partial charge >= 0.3 is 24.1 Å². The first-order valence-corrected chi connectivity index (χ1v) is 44.2. The quantitative estimate of drug-likeness (QED) is 0.0168. The summed E-state index contributed by atoms with van der Waals surface area (Å²) in [7, 11) is 0. The Balaban J connectivity index is 1.07. The molecule has 618 valence electrons. The zero-order valence-electron chi connectivity index (χ0n) is 70.4. The van der Waals surface area contributed by atoms with Crippen molar-refractivity contribution in [3.05, 3.63) is 263 Å². The SMILES string of the molecule is CCCCCCCCc1ccc(-c2c3nc(c(-c4ccc(CCCCCCCC)c(NC(=O)Nc5ccccc5)c4)c4ccc([nH]4)c(-c4ccc(CCCCCCCC)c(NC(=O)Nc5ccccc5)c4)c4nc(c(-c5ccc(CCCCCCCC)c(NC(=O)Nc6ccccc6)c5)c5ccc2[nH]5)C=C4)C=C3)cc1NC(=O)Nc1ccccc1. The molecule has 0 aliphatic carbocycles. The Bertz CT molecular complexity index is 4830. The topological polar surface area (TPSA) is 222 Å². The van der Waals surface area contributed by atoms with Crippen LogP contribution in [0.1, 0.15) is 227 Å². The number of H-pyrrole nitrogens is 2. The average molecular weight is 1600 g/mol. The van der Waals surface area contributed by atoms with Crippen LogP contribution in [-0.2, 0) is 25.7 Å². The lowest BCUT2D eigenvalue weighted by Crippen LogP contribution is -2.20. The summed E-state index contributed by atoms with van der Waals surface area (Å²) in [5.74, 6) is 0. The number of nitrogens with one attached hydrogen (secondary N) is 10. The highest BCUT2D eigenvalue weighted by atomic mass is 16.2. The molecule has 8 amide bonds. The minimum Gasteiger partial charge on any atom is -0.354 e. The van der Waals surface area contributed by atoms with Crippen molar-refractivity contribution >= 4 is 116 Å². The molecule has 0 saturated heterocycles. The number of para-hydroxylation sites is 4. The number of carbonyl (C=O) groups is 4. The summed E-state index contributed by atoms with van der Waals surface area (Å²) in [6.45, 7) is 8.96. The van der Waals surface area contributed by atoms with Gasteiger partial charge in [-0.2, -0.15) is 0 Å². The highest BCUT2D eigenvalue weighted by Gasteiger charge is 2.24. The molecule has 0 unspecified atom stereocenters. The molecule has 2 aliphatic rings. The number of aromatic amines is 2. The lowest BCUT2D eigenvalue weighted by Gasteiger charge is -2.16. The van der Waals surface area contributed by atoms with Crippen LogP contribution in [0, 0.1) is 0 Å². The van der Waals surface area contributed by atoms with E-state index in [4.69, 9.17) is 9.97 Å². The van der Waals surface area contributed by atoms with Gasteiger partial charge in [0.05, 0.1) is 22.8 Å². The molecule has 16 heteroatoms. The minimum atomic E-state index is -0.357. The van der Waals surface area contributed by atoms with Crippen molar-refractivity contribution in [2.75, 3.05) is 42.5 Å². The first kappa shape index (κ1) is 85.3. The van der Waals surface area contributed by atoms with Gasteiger partial charge in [-0.15, -0.1) is 0 Å². The molecule has 0 fully saturated rings. The second kappa shape index (κ2) is 44.3. The second-order valence-electron chi connectivity index (χ2n) is 31.8. The number of amides is 8. The van der Waals surface area contributed by atoms with E-state index in [1.807, 2.05) is 121 Å². The van der Waals surface area contributed by atoms with Crippen LogP contribution < -0.4 is 42.5 Å². The Morgan fingerprint density at radius 3 is 0.667 bits per heavy atom. The molecule has 5 heterocycles. The fourth-order valence-electron chi connectivity index (χ4n) is 16.3. The molecule has 3 aromatic heterocycles. The van der Waals surface area contributed by atoms with Gasteiger partial charge in [-0.05, 0) is 217 Å². The zero-order valence-corrected chi connectivity index (χ0v) is 70.4. The van der Waals surface area contributed by atoms with Crippen molar-refractivity contribution in [3.63, 3.8) is 0 Å². The van der Waals surface area contributed by atoms with E-state index in [2.05, 4.69) is 202 Å². The molecule has 8 aromatic carbocycles. The number of aryl methyl sites for hydroxylation is 4. The van der Waals surface area contributed by atoms with Gasteiger partial charge in [-0.3, -0.25) is 0 Å². The van der Waals surface area contributed by atoms with E-state index in [-0.39, 0.29) is 24.1 Å². The van der Waals surface area contributed by atoms with Crippen LogP contribution in [0.3, 0.4) is 0 Å². The van der Waals surface area contributed by atoms with Crippen molar-refractivity contribution in [3.8, 4) is 44.5 Å². The fourth-order valence-corrected chi connectivity index (χ4v) is 16.3. The van der Waals surface area contributed by atoms with Crippen LogP contribution in [0.5, 0.6) is 0 Å². The summed E-state index contributed by atoms with van der Waals surface area (Å²) >= 11 is 0. The van der Waals surface area contributed by atoms with Gasteiger partial charge in [0.25, 0.3) is 0 Å². The van der Waals surface area contributed by atoms with Gasteiger partial charge < -0.3 is 52.5 Å². The van der Waals surface area contributed by atoms with Crippen LogP contribution in [-0.4, -0.2) is 44.1 Å². The van der Waals surface area contributed by atoms with E-state index in [1.165, 1.54) is 77.0 Å². The summed E-state index contributed by atoms with van der Waals surface area (Å²) < 4.78 is 0. The molecule has 11 aromatic rings. The number of anilines is 8. The third kappa shape index (κ3) is 23.9. The summed E-state index contributed by atoms with van der Waals surface area (Å²) in [6.07, 6.45) is 38.2. The monoisotopic (exact) mass is 1600 g/mol. The van der Waals surface area contributed by atoms with Gasteiger partial charge in [-0.1, -0.05) is 277 Å². The molecule has 13 rings (SSSR count). The van der Waals surface area contributed by atoms with Crippen molar-refractivity contribution in [1.82, 2.24) is 19.9 Å². The molecular weight excluding hydrogens is 1480 g/mol. The Morgan fingerprint density at radius 1 is 0.242 bits per heavy atom. The molecule has 0 spiro atoms. The maximum atomic E-state index is 14.4. The predicted octanol–water partition coefficient (Wildman–Crippen LogP) is 29.5. The van der Waals surface area contributed by atoms with E-state index in [9.17, 15) is 19.2 Å². The molecule has 10 N–H and O–H groups in total. The number of fused-ring (bicyclic) bond motifs is 8. The zero-order chi connectivity index (χ0) is 83.0. The smallest absolute Gasteiger partial charge is 0.323 e. The first-order valence-electron chi connectivity index (χ1n) is 44.2. The average Bonchev–Trinajstić information content (AvgIpc) is 1.65. The number of hydrogen-bond donors (Lipinski definition) is 10. The second-order valence-corrected chi connectivity index (χ2v) is 31.8. The highest BCUT2D eigenvalue weighted by molar-refractivity contribution is 6.07. The third-order valence-electron chi connectivity index (χ3n) is 22.7. The summed E-state index contributed by atoms with van der Waals surface area (Å²) in [6, 6.07) is 70.7. The van der Waals surface area contributed by atoms with E-state index in [0.29, 0.717) is 68.3 Å². The Hall–Kier alpha value is -12.6. The Labute approximate surface area is 708 Å². The Kier molecular flexibility index (Phi) is 31.5. The fraction of sp³-hybridized carbons (Fsp3) is 0.308. The number of nitrogens with zero attached hydrogens (tertiary/aromatic N) is 2. The van der Waals surface area contributed by atoms with Crippen LogP contribution in [0.25, 0.3) is 90.9 Å². The van der Waals surface area contributed by atoms with Crippen LogP contribution >= 0.6 is 0 Å². The standard InChI is InChI=1S/C104H118N12O4/c1-5-9-13-17-21-29-41-73-53-57-77(69-93(73)113-101(117)105-81-45-33-25-34-46-81)97-85-61-63-87(109-85)98(78-58-54-74(42-30-22-18-14-10-6-2)94(70-78)114-102(118)106-82-47-35-26-36-48-82)89-65-67-91(111-89)100(80-60-56-76(44-32-24-20-16-12-8-4)96(72-80)116-104(120)108-84-51-39-28-40-52-84)92-68-66-90(112-92)99(88-64-62-86(97)110-88)79-59-55-75(43-31-23-19-15-11-7-3)95(71-79)115-103(119)107-83-49-37-27-38-50-83/h25-28,33-40,45-72,109,112H,5-24,29-32,41-44H2,1-4H3,(H2,105,113,117)(H2,106,114,118)(H2,107,115,119)(H2,108,116,120). The van der Waals surface area contributed by atoms with Gasteiger partial charge in [-0.25, -0.2) is 29.1 Å².